The van der Waals surface area contributed by atoms with Crippen molar-refractivity contribution < 1.29 is 14.3 Å². The molecule has 0 spiro atoms. The van der Waals surface area contributed by atoms with Gasteiger partial charge in [0.25, 0.3) is 0 Å². The molecule has 0 saturated heterocycles. The van der Waals surface area contributed by atoms with Gasteiger partial charge in [-0.3, -0.25) is 4.79 Å². The van der Waals surface area contributed by atoms with Crippen molar-refractivity contribution in [2.24, 2.45) is 5.41 Å². The predicted octanol–water partition coefficient (Wildman–Crippen LogP) is 2.30. The third-order valence-corrected chi connectivity index (χ3v) is 2.91. The average Bonchev–Trinajstić information content (AvgIpc) is 2.34. The number of amides is 1. The second-order valence-corrected chi connectivity index (χ2v) is 5.77. The van der Waals surface area contributed by atoms with Crippen molar-refractivity contribution in [1.82, 2.24) is 5.32 Å². The van der Waals surface area contributed by atoms with Crippen LogP contribution in [-0.2, 0) is 4.79 Å². The predicted molar refractivity (Wildman–Crippen MR) is 73.0 cm³/mol. The van der Waals surface area contributed by atoms with Crippen LogP contribution in [0.4, 0.5) is 4.39 Å². The molecule has 1 rings (SSSR count). The lowest BCUT2D eigenvalue weighted by Crippen LogP contribution is -2.43. The molecule has 108 valence electrons. The lowest BCUT2D eigenvalue weighted by molar-refractivity contribution is -0.124. The molecule has 0 saturated carbocycles. The molecule has 1 aromatic rings. The number of aliphatic hydroxyl groups is 1. The number of benzene rings is 1. The summed E-state index contributed by atoms with van der Waals surface area (Å²) in [5.74, 6) is -0.908. The van der Waals surface area contributed by atoms with Gasteiger partial charge in [-0.1, -0.05) is 32.9 Å². The summed E-state index contributed by atoms with van der Waals surface area (Å²) in [6, 6.07) is 6.85. The maximum absolute atomic E-state index is 13.0. The van der Waals surface area contributed by atoms with Gasteiger partial charge < -0.3 is 10.4 Å². The summed E-state index contributed by atoms with van der Waals surface area (Å²) in [6.07, 6.45) is -1.30. The molecule has 4 nitrogen and oxygen atoms in total. The van der Waals surface area contributed by atoms with E-state index in [1.54, 1.807) is 6.07 Å². The summed E-state index contributed by atoms with van der Waals surface area (Å²) in [4.78, 5) is 11.8. The summed E-state index contributed by atoms with van der Waals surface area (Å²) < 4.78 is 13.0. The Morgan fingerprint density at radius 2 is 2.15 bits per heavy atom. The van der Waals surface area contributed by atoms with E-state index in [0.717, 1.165) is 0 Å². The highest BCUT2D eigenvalue weighted by molar-refractivity contribution is 5.77. The number of halogens is 1. The monoisotopic (exact) mass is 278 g/mol. The van der Waals surface area contributed by atoms with Gasteiger partial charge in [-0.2, -0.15) is 5.26 Å². The number of hydrogen-bond acceptors (Lipinski definition) is 3. The summed E-state index contributed by atoms with van der Waals surface area (Å²) in [5.41, 5.74) is -0.0572. The van der Waals surface area contributed by atoms with Crippen molar-refractivity contribution in [3.8, 4) is 6.07 Å². The first kappa shape index (κ1) is 16.1. The van der Waals surface area contributed by atoms with Crippen LogP contribution in [0.2, 0.25) is 0 Å². The molecule has 0 radical (unpaired) electrons. The van der Waals surface area contributed by atoms with E-state index >= 15 is 0 Å². The van der Waals surface area contributed by atoms with Gasteiger partial charge in [0.1, 0.15) is 11.9 Å². The normalized spacial score (nSPS) is 14.2. The Morgan fingerprint density at radius 1 is 1.50 bits per heavy atom. The molecule has 1 amide bonds. The Hall–Kier alpha value is -1.93. The quantitative estimate of drug-likeness (QED) is 0.887. The lowest BCUT2D eigenvalue weighted by Gasteiger charge is -2.25. The van der Waals surface area contributed by atoms with Crippen LogP contribution in [0.3, 0.4) is 0 Å². The molecule has 2 atom stereocenters. The average molecular weight is 278 g/mol. The number of carbonyl (C=O) groups excluding carboxylic acids is 1. The van der Waals surface area contributed by atoms with Gasteiger partial charge in [0.2, 0.25) is 5.91 Å². The smallest absolute Gasteiger partial charge is 0.224 e. The zero-order chi connectivity index (χ0) is 15.3. The summed E-state index contributed by atoms with van der Waals surface area (Å²) in [7, 11) is 0. The molecule has 20 heavy (non-hydrogen) atoms. The van der Waals surface area contributed by atoms with Gasteiger partial charge >= 0.3 is 0 Å². The second kappa shape index (κ2) is 6.49. The minimum absolute atomic E-state index is 0.211. The molecule has 0 aromatic heterocycles. The number of nitriles is 1. The van der Waals surface area contributed by atoms with Crippen LogP contribution in [-0.4, -0.2) is 17.1 Å². The summed E-state index contributed by atoms with van der Waals surface area (Å²) >= 11 is 0. The molecule has 1 aromatic carbocycles. The molecule has 0 fully saturated rings. The van der Waals surface area contributed by atoms with Crippen LogP contribution in [0.5, 0.6) is 0 Å². The van der Waals surface area contributed by atoms with E-state index in [9.17, 15) is 14.3 Å². The molecule has 0 aliphatic rings. The minimum Gasteiger partial charge on any atom is -0.388 e. The molecular weight excluding hydrogens is 259 g/mol. The van der Waals surface area contributed by atoms with Crippen molar-refractivity contribution >= 4 is 5.91 Å². The standard InChI is InChI=1S/C15H19FN2O2/c1-15(2,3)13(9-17)18-14(20)8-12(19)10-5-4-6-11(16)7-10/h4-7,12-13,19H,8H2,1-3H3,(H,18,20). The summed E-state index contributed by atoms with van der Waals surface area (Å²) in [6.45, 7) is 5.51. The number of aliphatic hydroxyl groups excluding tert-OH is 1. The van der Waals surface area contributed by atoms with Crippen LogP contribution < -0.4 is 5.32 Å². The molecule has 5 heteroatoms. The van der Waals surface area contributed by atoms with Crippen molar-refractivity contribution in [3.05, 3.63) is 35.6 Å². The number of hydrogen-bond donors (Lipinski definition) is 2. The molecule has 0 bridgehead atoms. The third-order valence-electron chi connectivity index (χ3n) is 2.91. The van der Waals surface area contributed by atoms with Crippen LogP contribution in [0.1, 0.15) is 38.9 Å². The highest BCUT2D eigenvalue weighted by Gasteiger charge is 2.26. The maximum atomic E-state index is 13.0. The number of rotatable bonds is 4. The number of nitrogens with zero attached hydrogens (tertiary/aromatic N) is 1. The fraction of sp³-hybridized carbons (Fsp3) is 0.467. The maximum Gasteiger partial charge on any atom is 0.224 e. The second-order valence-electron chi connectivity index (χ2n) is 5.77. The van der Waals surface area contributed by atoms with Crippen molar-refractivity contribution in [1.29, 1.82) is 5.26 Å². The van der Waals surface area contributed by atoms with Gasteiger partial charge in [-0.25, -0.2) is 4.39 Å². The van der Waals surface area contributed by atoms with Gasteiger partial charge in [-0.05, 0) is 23.1 Å². The molecule has 0 heterocycles. The van der Waals surface area contributed by atoms with E-state index in [-0.39, 0.29) is 6.42 Å². The van der Waals surface area contributed by atoms with Crippen LogP contribution in [0, 0.1) is 22.6 Å². The first-order valence-electron chi connectivity index (χ1n) is 6.36. The number of carbonyl (C=O) groups is 1. The molecule has 2 unspecified atom stereocenters. The van der Waals surface area contributed by atoms with Crippen molar-refractivity contribution in [2.75, 3.05) is 0 Å². The Kier molecular flexibility index (Phi) is 5.23. The Labute approximate surface area is 118 Å². The van der Waals surface area contributed by atoms with Crippen molar-refractivity contribution in [3.63, 3.8) is 0 Å². The molecule has 0 aliphatic heterocycles. The van der Waals surface area contributed by atoms with E-state index in [1.807, 2.05) is 26.8 Å². The summed E-state index contributed by atoms with van der Waals surface area (Å²) in [5, 5.41) is 21.5. The van der Waals surface area contributed by atoms with E-state index in [2.05, 4.69) is 5.32 Å². The number of nitrogens with one attached hydrogen (secondary N) is 1. The Balaban J connectivity index is 2.65. The molecule has 2 N–H and O–H groups in total. The first-order valence-corrected chi connectivity index (χ1v) is 6.36. The van der Waals surface area contributed by atoms with Crippen LogP contribution in [0.25, 0.3) is 0 Å². The van der Waals surface area contributed by atoms with E-state index in [4.69, 9.17) is 5.26 Å². The lowest BCUT2D eigenvalue weighted by atomic mass is 9.87. The SMILES string of the molecule is CC(C)(C)C(C#N)NC(=O)CC(O)c1cccc(F)c1. The van der Waals surface area contributed by atoms with Gasteiger partial charge in [0.05, 0.1) is 18.6 Å². The largest absolute Gasteiger partial charge is 0.388 e. The van der Waals surface area contributed by atoms with Crippen LogP contribution in [0.15, 0.2) is 24.3 Å². The topological polar surface area (TPSA) is 73.1 Å². The van der Waals surface area contributed by atoms with Crippen LogP contribution >= 0.6 is 0 Å². The Bertz CT molecular complexity index is 517. The minimum atomic E-state index is -1.09. The first-order chi connectivity index (χ1) is 9.24. The fourth-order valence-electron chi connectivity index (χ4n) is 1.67. The third kappa shape index (κ3) is 4.63. The van der Waals surface area contributed by atoms with Gasteiger partial charge in [0, 0.05) is 0 Å². The fourth-order valence-corrected chi connectivity index (χ4v) is 1.67. The van der Waals surface area contributed by atoms with E-state index in [0.29, 0.717) is 5.56 Å². The molecular formula is C15H19FN2O2. The molecule has 0 aliphatic carbocycles. The zero-order valence-electron chi connectivity index (χ0n) is 11.9. The van der Waals surface area contributed by atoms with Crippen molar-refractivity contribution in [2.45, 2.75) is 39.3 Å². The highest BCUT2D eigenvalue weighted by atomic mass is 19.1. The highest BCUT2D eigenvalue weighted by Crippen LogP contribution is 2.20. The zero-order valence-corrected chi connectivity index (χ0v) is 11.9. The van der Waals surface area contributed by atoms with E-state index < -0.39 is 29.3 Å². The van der Waals surface area contributed by atoms with E-state index in [1.165, 1.54) is 18.2 Å². The van der Waals surface area contributed by atoms with Gasteiger partial charge in [0.15, 0.2) is 0 Å². The Morgan fingerprint density at radius 3 is 2.65 bits per heavy atom. The van der Waals surface area contributed by atoms with Gasteiger partial charge in [-0.15, -0.1) is 0 Å².